The van der Waals surface area contributed by atoms with Crippen LogP contribution in [-0.4, -0.2) is 18.2 Å². The maximum atomic E-state index is 6.00. The number of hydrazine groups is 1. The fourth-order valence-corrected chi connectivity index (χ4v) is 2.19. The molecule has 0 radical (unpaired) electrons. The Labute approximate surface area is 120 Å². The average molecular weight is 270 g/mol. The Morgan fingerprint density at radius 2 is 1.60 bits per heavy atom. The summed E-state index contributed by atoms with van der Waals surface area (Å²) < 4.78 is 5.85. The number of hydrogen-bond donors (Lipinski definition) is 1. The minimum atomic E-state index is 0.592. The van der Waals surface area contributed by atoms with E-state index in [9.17, 15) is 0 Å². The van der Waals surface area contributed by atoms with Crippen molar-refractivity contribution in [3.8, 4) is 5.75 Å². The molecule has 106 valence electrons. The van der Waals surface area contributed by atoms with Gasteiger partial charge in [0.15, 0.2) is 0 Å². The van der Waals surface area contributed by atoms with Crippen LogP contribution < -0.4 is 10.6 Å². The number of rotatable bonds is 6. The summed E-state index contributed by atoms with van der Waals surface area (Å²) in [6.45, 7) is 6.15. The highest BCUT2D eigenvalue weighted by Gasteiger charge is 2.05. The molecule has 0 aromatic heterocycles. The Kier molecular flexibility index (Phi) is 5.16. The molecule has 0 fully saturated rings. The van der Waals surface area contributed by atoms with Gasteiger partial charge in [-0.05, 0) is 30.5 Å². The molecular formula is C17H22N2O. The van der Waals surface area contributed by atoms with Gasteiger partial charge in [-0.2, -0.15) is 0 Å². The Hall–Kier alpha value is -1.84. The van der Waals surface area contributed by atoms with Crippen LogP contribution >= 0.6 is 0 Å². The van der Waals surface area contributed by atoms with Crippen LogP contribution in [0.4, 0.5) is 0 Å². The Morgan fingerprint density at radius 1 is 0.950 bits per heavy atom. The lowest BCUT2D eigenvalue weighted by Gasteiger charge is -2.18. The van der Waals surface area contributed by atoms with Gasteiger partial charge in [-0.25, -0.2) is 5.01 Å². The standard InChI is InChI=1S/C17H22N2O/c1-14-7-6-8-15(2)17(14)20-12-11-19(18)13-16-9-4-3-5-10-16/h3-10H,11-13,18H2,1-2H3. The van der Waals surface area contributed by atoms with E-state index >= 15 is 0 Å². The summed E-state index contributed by atoms with van der Waals surface area (Å²) in [7, 11) is 0. The van der Waals surface area contributed by atoms with E-state index in [0.29, 0.717) is 13.2 Å². The molecule has 0 aliphatic rings. The summed E-state index contributed by atoms with van der Waals surface area (Å²) in [4.78, 5) is 0. The minimum absolute atomic E-state index is 0.592. The smallest absolute Gasteiger partial charge is 0.125 e. The van der Waals surface area contributed by atoms with E-state index in [1.807, 2.05) is 24.3 Å². The van der Waals surface area contributed by atoms with E-state index in [0.717, 1.165) is 23.4 Å². The number of nitrogens with two attached hydrogens (primary N) is 1. The van der Waals surface area contributed by atoms with E-state index in [1.165, 1.54) is 5.56 Å². The van der Waals surface area contributed by atoms with Crippen molar-refractivity contribution in [1.29, 1.82) is 0 Å². The van der Waals surface area contributed by atoms with Crippen LogP contribution in [0.25, 0.3) is 0 Å². The van der Waals surface area contributed by atoms with Crippen molar-refractivity contribution in [2.75, 3.05) is 13.2 Å². The Bertz CT molecular complexity index is 520. The van der Waals surface area contributed by atoms with E-state index in [2.05, 4.69) is 38.1 Å². The minimum Gasteiger partial charge on any atom is -0.492 e. The molecule has 0 saturated heterocycles. The fraction of sp³-hybridized carbons (Fsp3) is 0.294. The van der Waals surface area contributed by atoms with Gasteiger partial charge in [0.25, 0.3) is 0 Å². The topological polar surface area (TPSA) is 38.5 Å². The SMILES string of the molecule is Cc1cccc(C)c1OCCN(N)Cc1ccccc1. The quantitative estimate of drug-likeness (QED) is 0.647. The first-order chi connectivity index (χ1) is 9.66. The van der Waals surface area contributed by atoms with Gasteiger partial charge in [-0.1, -0.05) is 48.5 Å². The van der Waals surface area contributed by atoms with Crippen LogP contribution in [-0.2, 0) is 6.54 Å². The van der Waals surface area contributed by atoms with Crippen LogP contribution in [0.3, 0.4) is 0 Å². The van der Waals surface area contributed by atoms with Crippen molar-refractivity contribution in [1.82, 2.24) is 5.01 Å². The van der Waals surface area contributed by atoms with Gasteiger partial charge in [-0.15, -0.1) is 0 Å². The molecule has 2 N–H and O–H groups in total. The first kappa shape index (κ1) is 14.6. The molecule has 0 unspecified atom stereocenters. The third-order valence-corrected chi connectivity index (χ3v) is 3.26. The zero-order valence-electron chi connectivity index (χ0n) is 12.2. The molecule has 0 aliphatic carbocycles. The maximum Gasteiger partial charge on any atom is 0.125 e. The highest BCUT2D eigenvalue weighted by molar-refractivity contribution is 5.39. The van der Waals surface area contributed by atoms with Gasteiger partial charge < -0.3 is 4.74 Å². The van der Waals surface area contributed by atoms with Crippen LogP contribution in [0.2, 0.25) is 0 Å². The normalized spacial score (nSPS) is 10.8. The van der Waals surface area contributed by atoms with Crippen molar-refractivity contribution in [3.63, 3.8) is 0 Å². The number of aryl methyl sites for hydroxylation is 2. The highest BCUT2D eigenvalue weighted by Crippen LogP contribution is 2.22. The van der Waals surface area contributed by atoms with Crippen molar-refractivity contribution >= 4 is 0 Å². The van der Waals surface area contributed by atoms with Gasteiger partial charge in [0.1, 0.15) is 12.4 Å². The van der Waals surface area contributed by atoms with Gasteiger partial charge in [0.05, 0.1) is 0 Å². The van der Waals surface area contributed by atoms with Crippen LogP contribution in [0, 0.1) is 13.8 Å². The monoisotopic (exact) mass is 270 g/mol. The molecule has 0 amide bonds. The first-order valence-electron chi connectivity index (χ1n) is 6.89. The van der Waals surface area contributed by atoms with Gasteiger partial charge in [0, 0.05) is 13.1 Å². The maximum absolute atomic E-state index is 6.00. The second-order valence-corrected chi connectivity index (χ2v) is 5.03. The van der Waals surface area contributed by atoms with Crippen molar-refractivity contribution in [2.45, 2.75) is 20.4 Å². The molecule has 2 aromatic rings. The second-order valence-electron chi connectivity index (χ2n) is 5.03. The molecule has 0 atom stereocenters. The van der Waals surface area contributed by atoms with Gasteiger partial charge >= 0.3 is 0 Å². The summed E-state index contributed by atoms with van der Waals surface area (Å²) in [6, 6.07) is 16.4. The van der Waals surface area contributed by atoms with Crippen molar-refractivity contribution < 1.29 is 4.74 Å². The first-order valence-corrected chi connectivity index (χ1v) is 6.89. The number of hydrogen-bond acceptors (Lipinski definition) is 3. The van der Waals surface area contributed by atoms with E-state index in [1.54, 1.807) is 5.01 Å². The van der Waals surface area contributed by atoms with Gasteiger partial charge in [0.2, 0.25) is 0 Å². The molecule has 3 heteroatoms. The zero-order chi connectivity index (χ0) is 14.4. The second kappa shape index (κ2) is 7.08. The average Bonchev–Trinajstić information content (AvgIpc) is 2.43. The molecule has 0 bridgehead atoms. The fourth-order valence-electron chi connectivity index (χ4n) is 2.19. The zero-order valence-corrected chi connectivity index (χ0v) is 12.2. The molecule has 2 rings (SSSR count). The summed E-state index contributed by atoms with van der Waals surface area (Å²) >= 11 is 0. The third-order valence-electron chi connectivity index (χ3n) is 3.26. The lowest BCUT2D eigenvalue weighted by molar-refractivity contribution is 0.205. The third kappa shape index (κ3) is 4.08. The predicted molar refractivity (Wildman–Crippen MR) is 82.5 cm³/mol. The molecular weight excluding hydrogens is 248 g/mol. The molecule has 20 heavy (non-hydrogen) atoms. The number of nitrogens with zero attached hydrogens (tertiary/aromatic N) is 1. The molecule has 0 aliphatic heterocycles. The lowest BCUT2D eigenvalue weighted by Crippen LogP contribution is -2.34. The largest absolute Gasteiger partial charge is 0.492 e. The van der Waals surface area contributed by atoms with Crippen molar-refractivity contribution in [3.05, 3.63) is 65.2 Å². The molecule has 0 spiro atoms. The number of benzene rings is 2. The van der Waals surface area contributed by atoms with Crippen molar-refractivity contribution in [2.24, 2.45) is 5.84 Å². The van der Waals surface area contributed by atoms with Crippen LogP contribution in [0.5, 0.6) is 5.75 Å². The Morgan fingerprint density at radius 3 is 2.25 bits per heavy atom. The summed E-state index contributed by atoms with van der Waals surface area (Å²) in [6.07, 6.45) is 0. The summed E-state index contributed by atoms with van der Waals surface area (Å²) in [5.74, 6) is 6.97. The lowest BCUT2D eigenvalue weighted by atomic mass is 10.1. The van der Waals surface area contributed by atoms with Gasteiger partial charge in [-0.3, -0.25) is 5.84 Å². The van der Waals surface area contributed by atoms with E-state index in [-0.39, 0.29) is 0 Å². The Balaban J connectivity index is 1.81. The number of ether oxygens (including phenoxy) is 1. The van der Waals surface area contributed by atoms with Crippen LogP contribution in [0.1, 0.15) is 16.7 Å². The van der Waals surface area contributed by atoms with Crippen LogP contribution in [0.15, 0.2) is 48.5 Å². The summed E-state index contributed by atoms with van der Waals surface area (Å²) in [5.41, 5.74) is 3.54. The molecule has 3 nitrogen and oxygen atoms in total. The van der Waals surface area contributed by atoms with E-state index < -0.39 is 0 Å². The predicted octanol–water partition coefficient (Wildman–Crippen LogP) is 3.06. The van der Waals surface area contributed by atoms with E-state index in [4.69, 9.17) is 10.6 Å². The number of para-hydroxylation sites is 1. The highest BCUT2D eigenvalue weighted by atomic mass is 16.5. The molecule has 2 aromatic carbocycles. The molecule has 0 saturated carbocycles. The molecule has 0 heterocycles. The summed E-state index contributed by atoms with van der Waals surface area (Å²) in [5, 5.41) is 1.78.